The summed E-state index contributed by atoms with van der Waals surface area (Å²) in [5.41, 5.74) is 0. The first kappa shape index (κ1) is 7.19. The van der Waals surface area contributed by atoms with Gasteiger partial charge in [0.25, 0.3) is 0 Å². The lowest BCUT2D eigenvalue weighted by atomic mass is 10.7. The summed E-state index contributed by atoms with van der Waals surface area (Å²) < 4.78 is 43.4. The Morgan fingerprint density at radius 3 is 1.75 bits per heavy atom. The van der Waals surface area contributed by atoms with Crippen LogP contribution in [0, 0.1) is 0 Å². The van der Waals surface area contributed by atoms with Crippen LogP contribution in [0.3, 0.4) is 0 Å². The number of alkyl halides is 3. The predicted molar refractivity (Wildman–Crippen MR) is 16.4 cm³/mol. The zero-order valence-electron chi connectivity index (χ0n) is 3.41. The van der Waals surface area contributed by atoms with Crippen molar-refractivity contribution in [3.63, 3.8) is 0 Å². The van der Waals surface area contributed by atoms with Gasteiger partial charge in [0.05, 0.1) is 0 Å². The molecule has 48 valence electrons. The van der Waals surface area contributed by atoms with Crippen LogP contribution in [0.2, 0.25) is 0 Å². The van der Waals surface area contributed by atoms with Crippen LogP contribution in [0.5, 0.6) is 0 Å². The predicted octanol–water partition coefficient (Wildman–Crippen LogP) is 1.31. The third-order valence-electron chi connectivity index (χ3n) is 0.322. The Labute approximate surface area is 41.4 Å². The van der Waals surface area contributed by atoms with E-state index in [1.54, 1.807) is 0 Å². The van der Waals surface area contributed by atoms with Gasteiger partial charge < -0.3 is 5.21 Å². The molecule has 0 bridgehead atoms. The minimum Gasteiger partial charge on any atom is -0.408 e. The van der Waals surface area contributed by atoms with Crippen LogP contribution >= 0.6 is 0 Å². The molecule has 0 amide bonds. The molecule has 0 unspecified atom stereocenters. The van der Waals surface area contributed by atoms with Crippen molar-refractivity contribution >= 4 is 5.97 Å². The lowest BCUT2D eigenvalue weighted by Crippen LogP contribution is -2.17. The molecule has 0 atom stereocenters. The molecule has 0 saturated heterocycles. The molecule has 0 aliphatic carbocycles. The fourth-order valence-electron chi connectivity index (χ4n) is 0.0567. The Bertz CT molecular complexity index is 105. The number of halogens is 4. The average Bonchev–Trinajstić information content (AvgIpc) is 1.62. The average molecular weight is 131 g/mol. The van der Waals surface area contributed by atoms with E-state index in [-0.39, 0.29) is 0 Å². The maximum Gasteiger partial charge on any atom is 0.465 e. The van der Waals surface area contributed by atoms with Crippen molar-refractivity contribution in [1.82, 2.24) is 0 Å². The third-order valence-corrected chi connectivity index (χ3v) is 0.322. The lowest BCUT2D eigenvalue weighted by molar-refractivity contribution is -0.0698. The van der Waals surface area contributed by atoms with E-state index in [0.29, 0.717) is 0 Å². The summed E-state index contributed by atoms with van der Waals surface area (Å²) in [5, 5.41) is 8.45. The Kier molecular flexibility index (Phi) is 1.77. The molecule has 0 spiro atoms. The maximum absolute atomic E-state index is 11.0. The van der Waals surface area contributed by atoms with E-state index in [2.05, 4.69) is 0 Å². The molecular formula is C2HF4NO. The van der Waals surface area contributed by atoms with Crippen molar-refractivity contribution in [2.45, 2.75) is 6.18 Å². The summed E-state index contributed by atoms with van der Waals surface area (Å²) in [6.07, 6.45) is -5.16. The highest BCUT2D eigenvalue weighted by Gasteiger charge is 2.37. The van der Waals surface area contributed by atoms with E-state index >= 15 is 0 Å². The summed E-state index contributed by atoms with van der Waals surface area (Å²) in [6, 6.07) is 0. The van der Waals surface area contributed by atoms with E-state index in [9.17, 15) is 17.6 Å². The van der Waals surface area contributed by atoms with Gasteiger partial charge in [-0.2, -0.15) is 17.6 Å². The molecule has 0 radical (unpaired) electrons. The second kappa shape index (κ2) is 1.97. The minimum absolute atomic E-state index is 1.28. The van der Waals surface area contributed by atoms with E-state index < -0.39 is 12.1 Å². The largest absolute Gasteiger partial charge is 0.465 e. The van der Waals surface area contributed by atoms with Crippen molar-refractivity contribution in [2.24, 2.45) is 5.16 Å². The van der Waals surface area contributed by atoms with Gasteiger partial charge in [-0.1, -0.05) is 5.16 Å². The lowest BCUT2D eigenvalue weighted by Gasteiger charge is -1.96. The Morgan fingerprint density at radius 2 is 1.75 bits per heavy atom. The standard InChI is InChI=1S/C2HF4NO/c3-1(7-8)2(4,5)6/h8H. The van der Waals surface area contributed by atoms with Gasteiger partial charge >= 0.3 is 12.1 Å². The normalized spacial score (nSPS) is 14.2. The quantitative estimate of drug-likeness (QED) is 0.228. The first-order valence-corrected chi connectivity index (χ1v) is 1.43. The molecule has 0 aromatic heterocycles. The van der Waals surface area contributed by atoms with Gasteiger partial charge in [-0.25, -0.2) is 0 Å². The van der Waals surface area contributed by atoms with Gasteiger partial charge in [0, 0.05) is 0 Å². The Morgan fingerprint density at radius 1 is 1.38 bits per heavy atom. The first-order chi connectivity index (χ1) is 3.48. The van der Waals surface area contributed by atoms with E-state index in [0.717, 1.165) is 0 Å². The molecule has 0 aromatic rings. The smallest absolute Gasteiger partial charge is 0.408 e. The molecule has 0 aliphatic heterocycles. The van der Waals surface area contributed by atoms with E-state index in [4.69, 9.17) is 5.21 Å². The van der Waals surface area contributed by atoms with Gasteiger partial charge in [-0.15, -0.1) is 0 Å². The molecular weight excluding hydrogens is 130 g/mol. The highest BCUT2D eigenvalue weighted by Crippen LogP contribution is 2.17. The fraction of sp³-hybridized carbons (Fsp3) is 0.500. The first-order valence-electron chi connectivity index (χ1n) is 1.43. The van der Waals surface area contributed by atoms with Crippen molar-refractivity contribution in [2.75, 3.05) is 0 Å². The van der Waals surface area contributed by atoms with E-state index in [1.807, 2.05) is 0 Å². The number of oxime groups is 1. The number of rotatable bonds is 0. The van der Waals surface area contributed by atoms with Crippen LogP contribution in [0.15, 0.2) is 5.16 Å². The Hall–Kier alpha value is -0.810. The van der Waals surface area contributed by atoms with Gasteiger partial charge in [0.1, 0.15) is 0 Å². The van der Waals surface area contributed by atoms with Crippen molar-refractivity contribution in [3.05, 3.63) is 0 Å². The van der Waals surface area contributed by atoms with Crippen molar-refractivity contribution in [1.29, 1.82) is 0 Å². The molecule has 0 fully saturated rings. The highest BCUT2D eigenvalue weighted by molar-refractivity contribution is 5.79. The van der Waals surface area contributed by atoms with Crippen LogP contribution < -0.4 is 0 Å². The van der Waals surface area contributed by atoms with Crippen LogP contribution in [0.4, 0.5) is 17.6 Å². The summed E-state index contributed by atoms with van der Waals surface area (Å²) in [6.45, 7) is 0. The van der Waals surface area contributed by atoms with Gasteiger partial charge in [-0.05, 0) is 0 Å². The van der Waals surface area contributed by atoms with Crippen molar-refractivity contribution < 1.29 is 22.8 Å². The molecule has 0 saturated carbocycles. The van der Waals surface area contributed by atoms with Gasteiger partial charge in [0.15, 0.2) is 0 Å². The zero-order chi connectivity index (χ0) is 6.78. The van der Waals surface area contributed by atoms with E-state index in [1.165, 1.54) is 5.16 Å². The van der Waals surface area contributed by atoms with Crippen LogP contribution in [0.1, 0.15) is 0 Å². The molecule has 0 aromatic carbocycles. The van der Waals surface area contributed by atoms with Crippen LogP contribution in [-0.4, -0.2) is 17.3 Å². The molecule has 8 heavy (non-hydrogen) atoms. The summed E-state index contributed by atoms with van der Waals surface area (Å²) >= 11 is 0. The van der Waals surface area contributed by atoms with Crippen LogP contribution in [0.25, 0.3) is 0 Å². The van der Waals surface area contributed by atoms with Gasteiger partial charge in [0.2, 0.25) is 0 Å². The Balaban J connectivity index is 4.03. The molecule has 0 heterocycles. The number of nitrogens with zero attached hydrogens (tertiary/aromatic N) is 1. The maximum atomic E-state index is 11.0. The highest BCUT2D eigenvalue weighted by atomic mass is 19.4. The molecule has 6 heteroatoms. The number of hydrogen-bond donors (Lipinski definition) is 1. The molecule has 2 nitrogen and oxygen atoms in total. The molecule has 0 aliphatic rings. The second-order valence-corrected chi connectivity index (χ2v) is 0.889. The monoisotopic (exact) mass is 131 g/mol. The number of hydrogen-bond acceptors (Lipinski definition) is 2. The fourth-order valence-corrected chi connectivity index (χ4v) is 0.0567. The summed E-state index contributed by atoms with van der Waals surface area (Å²) in [5.74, 6) is -2.74. The third kappa shape index (κ3) is 1.76. The molecule has 1 N–H and O–H groups in total. The topological polar surface area (TPSA) is 32.6 Å². The molecule has 0 rings (SSSR count). The van der Waals surface area contributed by atoms with Crippen LogP contribution in [-0.2, 0) is 0 Å². The van der Waals surface area contributed by atoms with Crippen molar-refractivity contribution in [3.8, 4) is 0 Å². The SMILES string of the molecule is ON=C(F)C(F)(F)F. The summed E-state index contributed by atoms with van der Waals surface area (Å²) in [7, 11) is 0. The minimum atomic E-state index is -5.16. The van der Waals surface area contributed by atoms with Gasteiger partial charge in [-0.3, -0.25) is 0 Å². The summed E-state index contributed by atoms with van der Waals surface area (Å²) in [4.78, 5) is 0. The zero-order valence-corrected chi connectivity index (χ0v) is 3.41. The second-order valence-electron chi connectivity index (χ2n) is 0.889.